The van der Waals surface area contributed by atoms with Gasteiger partial charge in [-0.25, -0.2) is 9.97 Å². The molecule has 3 rings (SSSR count). The molecule has 8 heteroatoms. The van der Waals surface area contributed by atoms with Crippen LogP contribution in [0.25, 0.3) is 0 Å². The molecule has 1 atom stereocenters. The molecule has 1 saturated heterocycles. The summed E-state index contributed by atoms with van der Waals surface area (Å²) in [4.78, 5) is 22.7. The molecule has 0 bridgehead atoms. The second-order valence-electron chi connectivity index (χ2n) is 5.89. The highest BCUT2D eigenvalue weighted by Crippen LogP contribution is 2.21. The third kappa shape index (κ3) is 3.26. The predicted octanol–water partition coefficient (Wildman–Crippen LogP) is 1.41. The number of pyridine rings is 1. The minimum Gasteiger partial charge on any atom is -0.367 e. The number of carbonyl (C=O) groups excluding carboxylic acids is 1. The van der Waals surface area contributed by atoms with E-state index in [0.29, 0.717) is 36.8 Å². The number of carbonyl (C=O) groups is 1. The first-order chi connectivity index (χ1) is 11.6. The fourth-order valence-corrected chi connectivity index (χ4v) is 2.44. The number of amides is 1. The Balaban J connectivity index is 1.72. The van der Waals surface area contributed by atoms with Gasteiger partial charge in [0.25, 0.3) is 5.91 Å². The third-order valence-corrected chi connectivity index (χ3v) is 3.81. The first-order valence-electron chi connectivity index (χ1n) is 7.77. The van der Waals surface area contributed by atoms with Gasteiger partial charge in [0.05, 0.1) is 18.7 Å². The van der Waals surface area contributed by atoms with Crippen molar-refractivity contribution in [2.45, 2.75) is 25.9 Å². The van der Waals surface area contributed by atoms with E-state index in [2.05, 4.69) is 20.2 Å². The van der Waals surface area contributed by atoms with E-state index in [9.17, 15) is 4.79 Å². The lowest BCUT2D eigenvalue weighted by molar-refractivity contribution is -0.0268. The summed E-state index contributed by atoms with van der Waals surface area (Å²) in [7, 11) is 0. The van der Waals surface area contributed by atoms with Gasteiger partial charge >= 0.3 is 0 Å². The maximum Gasteiger partial charge on any atom is 0.272 e. The Bertz CT molecular complexity index is 762. The molecule has 1 aliphatic heterocycles. The summed E-state index contributed by atoms with van der Waals surface area (Å²) in [5, 5.41) is 15.9. The van der Waals surface area contributed by atoms with Crippen LogP contribution in [0.4, 0.5) is 0 Å². The number of ether oxygens (including phenoxy) is 1. The molecule has 0 aromatic carbocycles. The van der Waals surface area contributed by atoms with Crippen LogP contribution in [0.3, 0.4) is 0 Å². The van der Waals surface area contributed by atoms with Crippen molar-refractivity contribution >= 4 is 5.91 Å². The highest BCUT2D eigenvalue weighted by Gasteiger charge is 2.29. The Labute approximate surface area is 139 Å². The van der Waals surface area contributed by atoms with Crippen LogP contribution in [0.2, 0.25) is 0 Å². The zero-order valence-corrected chi connectivity index (χ0v) is 13.6. The van der Waals surface area contributed by atoms with Crippen LogP contribution in [0, 0.1) is 11.3 Å². The summed E-state index contributed by atoms with van der Waals surface area (Å²) in [6.07, 6.45) is 1.07. The van der Waals surface area contributed by atoms with Crippen molar-refractivity contribution in [3.05, 3.63) is 41.2 Å². The normalized spacial score (nSPS) is 17.8. The summed E-state index contributed by atoms with van der Waals surface area (Å²) in [5.41, 5.74) is 0.740. The highest BCUT2D eigenvalue weighted by atomic mass is 16.5. The van der Waals surface area contributed by atoms with Crippen LogP contribution < -0.4 is 0 Å². The van der Waals surface area contributed by atoms with E-state index < -0.39 is 0 Å². The molecule has 124 valence electrons. The number of nitriles is 1. The molecule has 24 heavy (non-hydrogen) atoms. The van der Waals surface area contributed by atoms with E-state index in [0.717, 1.165) is 5.82 Å². The van der Waals surface area contributed by atoms with Crippen molar-refractivity contribution < 1.29 is 9.53 Å². The van der Waals surface area contributed by atoms with Crippen molar-refractivity contribution in [3.63, 3.8) is 0 Å². The molecule has 0 unspecified atom stereocenters. The first kappa shape index (κ1) is 16.1. The monoisotopic (exact) mass is 326 g/mol. The van der Waals surface area contributed by atoms with Gasteiger partial charge in [0.2, 0.25) is 0 Å². The number of morpholine rings is 1. The fraction of sp³-hybridized carbons (Fsp3) is 0.438. The summed E-state index contributed by atoms with van der Waals surface area (Å²) < 4.78 is 5.72. The average molecular weight is 326 g/mol. The second-order valence-corrected chi connectivity index (χ2v) is 5.89. The number of rotatable bonds is 3. The average Bonchev–Trinajstić information content (AvgIpc) is 3.12. The van der Waals surface area contributed by atoms with Gasteiger partial charge in [0, 0.05) is 18.7 Å². The third-order valence-electron chi connectivity index (χ3n) is 3.81. The molecule has 8 nitrogen and oxygen atoms in total. The molecule has 1 amide bonds. The summed E-state index contributed by atoms with van der Waals surface area (Å²) in [5.74, 6) is 1.39. The molecule has 1 aliphatic rings. The van der Waals surface area contributed by atoms with Gasteiger partial charge in [-0.3, -0.25) is 9.89 Å². The van der Waals surface area contributed by atoms with Crippen LogP contribution in [-0.4, -0.2) is 50.7 Å². The highest BCUT2D eigenvalue weighted by molar-refractivity contribution is 5.92. The van der Waals surface area contributed by atoms with Crippen LogP contribution in [-0.2, 0) is 4.74 Å². The van der Waals surface area contributed by atoms with Gasteiger partial charge in [-0.15, -0.1) is 0 Å². The number of aromatic amines is 1. The summed E-state index contributed by atoms with van der Waals surface area (Å²) in [6, 6.07) is 5.14. The fourth-order valence-electron chi connectivity index (χ4n) is 2.44. The van der Waals surface area contributed by atoms with Gasteiger partial charge in [0.1, 0.15) is 17.9 Å². The molecule has 0 aliphatic carbocycles. The SMILES string of the molecule is CC(C)c1n[nH]c([C@H]2CN(C(=O)c3ccc(C#N)cn3)CCO2)n1. The topological polar surface area (TPSA) is 108 Å². The number of nitrogens with zero attached hydrogens (tertiary/aromatic N) is 5. The number of nitrogens with one attached hydrogen (secondary N) is 1. The summed E-state index contributed by atoms with van der Waals surface area (Å²) >= 11 is 0. The van der Waals surface area contributed by atoms with Crippen molar-refractivity contribution in [1.29, 1.82) is 5.26 Å². The molecule has 1 fully saturated rings. The minimum atomic E-state index is -0.332. The second kappa shape index (κ2) is 6.76. The van der Waals surface area contributed by atoms with E-state index in [1.54, 1.807) is 17.0 Å². The lowest BCUT2D eigenvalue weighted by Crippen LogP contribution is -2.42. The number of hydrogen-bond acceptors (Lipinski definition) is 6. The van der Waals surface area contributed by atoms with Crippen molar-refractivity contribution in [1.82, 2.24) is 25.1 Å². The number of hydrogen-bond donors (Lipinski definition) is 1. The van der Waals surface area contributed by atoms with E-state index >= 15 is 0 Å². The van der Waals surface area contributed by atoms with Gasteiger partial charge < -0.3 is 9.64 Å². The number of H-pyrrole nitrogens is 1. The maximum atomic E-state index is 12.6. The summed E-state index contributed by atoms with van der Waals surface area (Å²) in [6.45, 7) is 5.32. The molecule has 2 aromatic heterocycles. The molecule has 0 radical (unpaired) electrons. The number of aromatic nitrogens is 4. The smallest absolute Gasteiger partial charge is 0.272 e. The van der Waals surface area contributed by atoms with E-state index in [1.165, 1.54) is 6.20 Å². The van der Waals surface area contributed by atoms with Crippen LogP contribution >= 0.6 is 0 Å². The molecule has 2 aromatic rings. The van der Waals surface area contributed by atoms with Crippen molar-refractivity contribution in [3.8, 4) is 6.07 Å². The molecular weight excluding hydrogens is 308 g/mol. The zero-order chi connectivity index (χ0) is 17.1. The Morgan fingerprint density at radius 2 is 2.33 bits per heavy atom. The van der Waals surface area contributed by atoms with E-state index in [4.69, 9.17) is 10.00 Å². The Morgan fingerprint density at radius 3 is 2.96 bits per heavy atom. The molecule has 0 saturated carbocycles. The van der Waals surface area contributed by atoms with E-state index in [-0.39, 0.29) is 17.9 Å². The Morgan fingerprint density at radius 1 is 1.50 bits per heavy atom. The quantitative estimate of drug-likeness (QED) is 0.913. The lowest BCUT2D eigenvalue weighted by Gasteiger charge is -2.31. The van der Waals surface area contributed by atoms with Gasteiger partial charge in [-0.2, -0.15) is 10.4 Å². The molecule has 1 N–H and O–H groups in total. The molecule has 3 heterocycles. The van der Waals surface area contributed by atoms with E-state index in [1.807, 2.05) is 19.9 Å². The molecule has 0 spiro atoms. The van der Waals surface area contributed by atoms with Crippen molar-refractivity contribution in [2.75, 3.05) is 19.7 Å². The molecular formula is C16H18N6O2. The Hall–Kier alpha value is -2.79. The largest absolute Gasteiger partial charge is 0.367 e. The van der Waals surface area contributed by atoms with Crippen LogP contribution in [0.1, 0.15) is 53.6 Å². The first-order valence-corrected chi connectivity index (χ1v) is 7.77. The minimum absolute atomic E-state index is 0.184. The lowest BCUT2D eigenvalue weighted by atomic mass is 10.2. The standard InChI is InChI=1S/C16H18N6O2/c1-10(2)14-19-15(21-20-14)13-9-22(5-6-24-13)16(23)12-4-3-11(7-17)8-18-12/h3-4,8,10,13H,5-6,9H2,1-2H3,(H,19,20,21)/t13-/m1/s1. The maximum absolute atomic E-state index is 12.6. The Kier molecular flexibility index (Phi) is 4.53. The van der Waals surface area contributed by atoms with Crippen LogP contribution in [0.15, 0.2) is 18.3 Å². The van der Waals surface area contributed by atoms with Crippen LogP contribution in [0.5, 0.6) is 0 Å². The van der Waals surface area contributed by atoms with Gasteiger partial charge in [0.15, 0.2) is 11.6 Å². The zero-order valence-electron chi connectivity index (χ0n) is 13.6. The van der Waals surface area contributed by atoms with Gasteiger partial charge in [-0.05, 0) is 12.1 Å². The van der Waals surface area contributed by atoms with Crippen molar-refractivity contribution in [2.24, 2.45) is 0 Å². The predicted molar refractivity (Wildman–Crippen MR) is 84.0 cm³/mol. The van der Waals surface area contributed by atoms with Gasteiger partial charge in [-0.1, -0.05) is 13.8 Å².